The summed E-state index contributed by atoms with van der Waals surface area (Å²) in [6.07, 6.45) is 19.6. The summed E-state index contributed by atoms with van der Waals surface area (Å²) in [5.74, 6) is 0. The summed E-state index contributed by atoms with van der Waals surface area (Å²) in [5.41, 5.74) is 4.88. The van der Waals surface area contributed by atoms with Gasteiger partial charge in [0.2, 0.25) is 0 Å². The first-order valence-electron chi connectivity index (χ1n) is 22.4. The Morgan fingerprint density at radius 3 is 1.56 bits per heavy atom. The van der Waals surface area contributed by atoms with E-state index in [4.69, 9.17) is 0 Å². The van der Waals surface area contributed by atoms with Gasteiger partial charge in [0.1, 0.15) is 0 Å². The summed E-state index contributed by atoms with van der Waals surface area (Å²) < 4.78 is 32.4. The van der Waals surface area contributed by atoms with Crippen molar-refractivity contribution in [3.8, 4) is 0 Å². The lowest BCUT2D eigenvalue weighted by Gasteiger charge is -2.24. The lowest BCUT2D eigenvalue weighted by Crippen LogP contribution is -2.29. The number of benzene rings is 8. The minimum atomic E-state index is -3.43. The second-order valence-electron chi connectivity index (χ2n) is 17.0. The van der Waals surface area contributed by atoms with Gasteiger partial charge in [0.05, 0.1) is 0 Å². The van der Waals surface area contributed by atoms with E-state index in [1.165, 1.54) is 37.9 Å². The average molecular weight is 927 g/mol. The molecule has 0 saturated heterocycles. The Morgan fingerprint density at radius 1 is 0.515 bits per heavy atom. The zero-order chi connectivity index (χ0) is 45.3. The summed E-state index contributed by atoms with van der Waals surface area (Å²) in [6, 6.07) is 60.1. The van der Waals surface area contributed by atoms with Crippen molar-refractivity contribution in [1.82, 2.24) is 0 Å². The molecule has 0 fully saturated rings. The maximum atomic E-state index is 16.3. The highest BCUT2D eigenvalue weighted by atomic mass is 31.2. The van der Waals surface area contributed by atoms with Gasteiger partial charge in [-0.15, -0.1) is 0 Å². The van der Waals surface area contributed by atoms with E-state index in [9.17, 15) is 0 Å². The van der Waals surface area contributed by atoms with Gasteiger partial charge in [-0.25, -0.2) is 0 Å². The fourth-order valence-electron chi connectivity index (χ4n) is 9.17. The van der Waals surface area contributed by atoms with Gasteiger partial charge in [-0.3, -0.25) is 0 Å². The quantitative estimate of drug-likeness (QED) is 0.121. The molecular weight excluding hydrogens is 877 g/mol. The Kier molecular flexibility index (Phi) is 12.5. The second-order valence-corrected chi connectivity index (χ2v) is 26.1. The topological polar surface area (TPSA) is 34.1 Å². The van der Waals surface area contributed by atoms with Gasteiger partial charge in [0.25, 0.3) is 0 Å². The van der Waals surface area contributed by atoms with E-state index in [0.29, 0.717) is 19.2 Å². The van der Waals surface area contributed by atoms with Gasteiger partial charge in [-0.05, 0) is 118 Å². The van der Waals surface area contributed by atoms with E-state index in [1.807, 2.05) is 66.7 Å². The lowest BCUT2D eigenvalue weighted by atomic mass is 10.1. The minimum Gasteiger partial charge on any atom is -0.309 e. The van der Waals surface area contributed by atoms with E-state index in [2.05, 4.69) is 178 Å². The predicted octanol–water partition coefficient (Wildman–Crippen LogP) is 12.2. The molecule has 0 N–H and O–H groups in total. The number of fused-ring (bicyclic) bond motifs is 3. The standard InChI is InChI=1S/C60H50O2P4/c1-4-44-21-26-54(39-43(44)2)64(3)53-27-33-56(34-28-53)65(61,55-31-24-51(25-32-55)63-52-20-12-19-45-13-6-5-7-16-48(45)40-52)57-35-37-58(38-36-57)66(62,59-29-22-46-14-8-10-17-49(46)41-59)60-30-23-47-15-9-11-18-50(47)42-60/h4,6-11,13-42,63H,1,5,12H2,2-3H3/t64-,65?/m1/s1. The molecule has 0 aliphatic heterocycles. The monoisotopic (exact) mass is 926 g/mol. The number of aryl methyl sites for hydroxylation is 1. The summed E-state index contributed by atoms with van der Waals surface area (Å²) in [7, 11) is -7.02. The smallest absolute Gasteiger partial charge is 0.171 e. The highest BCUT2D eigenvalue weighted by Gasteiger charge is 2.34. The maximum absolute atomic E-state index is 16.3. The van der Waals surface area contributed by atoms with Crippen molar-refractivity contribution >= 4 is 106 Å². The van der Waals surface area contributed by atoms with E-state index in [1.54, 1.807) is 0 Å². The van der Waals surface area contributed by atoms with Crippen LogP contribution in [0, 0.1) is 6.92 Å². The summed E-state index contributed by atoms with van der Waals surface area (Å²) in [6.45, 7) is 8.39. The largest absolute Gasteiger partial charge is 0.309 e. The summed E-state index contributed by atoms with van der Waals surface area (Å²) in [5, 5.41) is 13.7. The number of hydrogen-bond donors (Lipinski definition) is 0. The number of rotatable bonds is 11. The van der Waals surface area contributed by atoms with Crippen LogP contribution in [-0.2, 0) is 9.13 Å². The molecule has 2 unspecified atom stereocenters. The molecule has 2 aliphatic carbocycles. The Bertz CT molecular complexity index is 3340. The van der Waals surface area contributed by atoms with Crippen molar-refractivity contribution in [3.05, 3.63) is 253 Å². The van der Waals surface area contributed by atoms with Crippen molar-refractivity contribution in [2.45, 2.75) is 19.8 Å². The van der Waals surface area contributed by atoms with Gasteiger partial charge >= 0.3 is 0 Å². The van der Waals surface area contributed by atoms with E-state index in [-0.39, 0.29) is 0 Å². The van der Waals surface area contributed by atoms with Gasteiger partial charge < -0.3 is 9.13 Å². The normalized spacial score (nSPS) is 15.3. The molecule has 2 aliphatic rings. The molecule has 2 nitrogen and oxygen atoms in total. The predicted molar refractivity (Wildman–Crippen MR) is 293 cm³/mol. The molecule has 6 heteroatoms. The molecule has 3 atom stereocenters. The second kappa shape index (κ2) is 18.7. The molecule has 8 aromatic carbocycles. The van der Waals surface area contributed by atoms with Crippen LogP contribution in [0.15, 0.2) is 241 Å². The van der Waals surface area contributed by atoms with Crippen LogP contribution in [0.2, 0.25) is 0 Å². The van der Waals surface area contributed by atoms with Gasteiger partial charge in [-0.2, -0.15) is 0 Å². The van der Waals surface area contributed by atoms with Crippen LogP contribution in [0.25, 0.3) is 27.6 Å². The van der Waals surface area contributed by atoms with Crippen LogP contribution >= 0.6 is 30.8 Å². The highest BCUT2D eigenvalue weighted by molar-refractivity contribution is 7.86. The molecule has 0 saturated carbocycles. The van der Waals surface area contributed by atoms with Crippen LogP contribution < -0.4 is 47.7 Å². The van der Waals surface area contributed by atoms with E-state index >= 15 is 9.13 Å². The molecule has 322 valence electrons. The van der Waals surface area contributed by atoms with Gasteiger partial charge in [-0.1, -0.05) is 221 Å². The first kappa shape index (κ1) is 43.9. The first-order valence-corrected chi connectivity index (χ1v) is 28.6. The number of allylic oxidation sites excluding steroid dienone is 10. The minimum absolute atomic E-state index is 0.464. The van der Waals surface area contributed by atoms with Crippen LogP contribution in [-0.4, -0.2) is 6.66 Å². The Balaban J connectivity index is 1.05. The molecule has 66 heavy (non-hydrogen) atoms. The molecule has 0 heterocycles. The maximum Gasteiger partial charge on any atom is 0.171 e. The SMILES string of the molecule is C=Cc1ccc([P@](C)c2ccc(P(=O)(c3ccc(PC4=CCC=C5C=CCC=CC5=C4)cc3)c3ccc(P(=O)(c4ccc5ccccc5c4)c4ccc5ccccc5c4)cc3)cc2)cc1C. The zero-order valence-electron chi connectivity index (χ0n) is 37.1. The molecule has 10 rings (SSSR count). The Morgan fingerprint density at radius 2 is 1.00 bits per heavy atom. The van der Waals surface area contributed by atoms with Crippen molar-refractivity contribution < 1.29 is 9.13 Å². The van der Waals surface area contributed by atoms with Gasteiger partial charge in [0, 0.05) is 31.8 Å². The van der Waals surface area contributed by atoms with E-state index < -0.39 is 22.2 Å². The highest BCUT2D eigenvalue weighted by Crippen LogP contribution is 2.46. The fourth-order valence-corrected chi connectivity index (χ4v) is 17.1. The molecule has 0 amide bonds. The van der Waals surface area contributed by atoms with Gasteiger partial charge in [0.15, 0.2) is 14.3 Å². The van der Waals surface area contributed by atoms with Crippen molar-refractivity contribution in [3.63, 3.8) is 0 Å². The van der Waals surface area contributed by atoms with Crippen LogP contribution in [0.3, 0.4) is 0 Å². The Labute approximate surface area is 392 Å². The number of hydrogen-bond acceptors (Lipinski definition) is 2. The molecule has 0 bridgehead atoms. The molecule has 8 aromatic rings. The lowest BCUT2D eigenvalue weighted by molar-refractivity contribution is 0.591. The summed E-state index contributed by atoms with van der Waals surface area (Å²) >= 11 is 0. The molecule has 0 spiro atoms. The molecule has 0 radical (unpaired) electrons. The first-order chi connectivity index (χ1) is 32.2. The van der Waals surface area contributed by atoms with Crippen molar-refractivity contribution in [2.75, 3.05) is 6.66 Å². The van der Waals surface area contributed by atoms with Crippen LogP contribution in [0.1, 0.15) is 24.0 Å². The summed E-state index contributed by atoms with van der Waals surface area (Å²) in [4.78, 5) is 0. The Hall–Kier alpha value is -5.96. The zero-order valence-corrected chi connectivity index (χ0v) is 40.8. The van der Waals surface area contributed by atoms with Crippen molar-refractivity contribution in [1.29, 1.82) is 0 Å². The van der Waals surface area contributed by atoms with Crippen LogP contribution in [0.4, 0.5) is 0 Å². The third-order valence-electron chi connectivity index (χ3n) is 12.9. The fraction of sp³-hybridized carbons (Fsp3) is 0.0667. The molecular formula is C60H50O2P4. The van der Waals surface area contributed by atoms with Crippen LogP contribution in [0.5, 0.6) is 0 Å². The van der Waals surface area contributed by atoms with Crippen molar-refractivity contribution in [2.24, 2.45) is 0 Å². The third kappa shape index (κ3) is 8.50. The van der Waals surface area contributed by atoms with E-state index in [0.717, 1.165) is 61.2 Å². The molecule has 0 aromatic heterocycles. The average Bonchev–Trinajstić information content (AvgIpc) is 3.71. The third-order valence-corrected chi connectivity index (χ3v) is 22.4.